The Balaban J connectivity index is 0.000000756. The first-order valence-electron chi connectivity index (χ1n) is 16.3. The topological polar surface area (TPSA) is 137 Å². The SMILES string of the molecule is CONCCCN(C)c1cc(C(=O)NCCNC(C)C(=O)NCC2CC2)cc(C(=O)NC(C)c2cccnc2)c1.Cc1ccccc1. The summed E-state index contributed by atoms with van der Waals surface area (Å²) in [4.78, 5) is 49.5. The van der Waals surface area contributed by atoms with Crippen LogP contribution >= 0.6 is 0 Å². The predicted molar refractivity (Wildman–Crippen MR) is 186 cm³/mol. The maximum absolute atomic E-state index is 13.2. The summed E-state index contributed by atoms with van der Waals surface area (Å²) in [6.45, 7) is 8.64. The highest BCUT2D eigenvalue weighted by Crippen LogP contribution is 2.27. The summed E-state index contributed by atoms with van der Waals surface area (Å²) < 4.78 is 0. The van der Waals surface area contributed by atoms with E-state index in [0.717, 1.165) is 24.2 Å². The summed E-state index contributed by atoms with van der Waals surface area (Å²) in [5.74, 6) is 0.0105. The van der Waals surface area contributed by atoms with Crippen molar-refractivity contribution >= 4 is 23.4 Å². The molecule has 0 aliphatic heterocycles. The number of carbonyl (C=O) groups is 3. The number of rotatable bonds is 17. The Morgan fingerprint density at radius 2 is 1.66 bits per heavy atom. The Morgan fingerprint density at radius 3 is 2.28 bits per heavy atom. The molecule has 1 aliphatic rings. The highest BCUT2D eigenvalue weighted by atomic mass is 16.6. The Kier molecular flexibility index (Phi) is 15.8. The van der Waals surface area contributed by atoms with E-state index in [1.165, 1.54) is 18.4 Å². The molecule has 2 aromatic carbocycles. The fourth-order valence-electron chi connectivity index (χ4n) is 4.62. The molecule has 254 valence electrons. The summed E-state index contributed by atoms with van der Waals surface area (Å²) >= 11 is 0. The molecule has 47 heavy (non-hydrogen) atoms. The number of anilines is 1. The second-order valence-electron chi connectivity index (χ2n) is 11.9. The third kappa shape index (κ3) is 13.9. The Labute approximate surface area is 279 Å². The largest absolute Gasteiger partial charge is 0.375 e. The monoisotopic (exact) mass is 645 g/mol. The van der Waals surface area contributed by atoms with Crippen LogP contribution in [0.15, 0.2) is 73.1 Å². The molecule has 1 aromatic heterocycles. The minimum atomic E-state index is -0.350. The normalized spacial score (nSPS) is 13.4. The van der Waals surface area contributed by atoms with Crippen molar-refractivity contribution < 1.29 is 19.2 Å². The van der Waals surface area contributed by atoms with E-state index in [2.05, 4.69) is 50.8 Å². The van der Waals surface area contributed by atoms with Crippen LogP contribution in [-0.4, -0.2) is 75.6 Å². The number of hydrogen-bond acceptors (Lipinski definition) is 8. The lowest BCUT2D eigenvalue weighted by molar-refractivity contribution is -0.122. The molecule has 2 unspecified atom stereocenters. The molecule has 1 aliphatic carbocycles. The molecule has 0 bridgehead atoms. The molecule has 1 heterocycles. The predicted octanol–water partition coefficient (Wildman–Crippen LogP) is 3.78. The maximum Gasteiger partial charge on any atom is 0.251 e. The van der Waals surface area contributed by atoms with E-state index in [0.29, 0.717) is 43.2 Å². The molecule has 0 saturated heterocycles. The summed E-state index contributed by atoms with van der Waals surface area (Å²) in [6, 6.07) is 18.6. The highest BCUT2D eigenvalue weighted by molar-refractivity contribution is 6.01. The van der Waals surface area contributed by atoms with Crippen molar-refractivity contribution in [3.8, 4) is 0 Å². The zero-order chi connectivity index (χ0) is 34.0. The van der Waals surface area contributed by atoms with Crippen LogP contribution in [0.4, 0.5) is 5.69 Å². The van der Waals surface area contributed by atoms with Crippen molar-refractivity contribution in [3.63, 3.8) is 0 Å². The number of nitrogens with zero attached hydrogens (tertiary/aromatic N) is 2. The van der Waals surface area contributed by atoms with E-state index in [-0.39, 0.29) is 29.8 Å². The van der Waals surface area contributed by atoms with Crippen molar-refractivity contribution in [3.05, 3.63) is 95.3 Å². The fourth-order valence-corrected chi connectivity index (χ4v) is 4.62. The lowest BCUT2D eigenvalue weighted by atomic mass is 10.1. The minimum absolute atomic E-state index is 0.0363. The van der Waals surface area contributed by atoms with Crippen LogP contribution in [0.25, 0.3) is 0 Å². The minimum Gasteiger partial charge on any atom is -0.375 e. The molecule has 1 fully saturated rings. The van der Waals surface area contributed by atoms with Crippen molar-refractivity contribution in [2.75, 3.05) is 51.8 Å². The Hall–Kier alpha value is -4.32. The fraction of sp³-hybridized carbons (Fsp3) is 0.444. The van der Waals surface area contributed by atoms with E-state index < -0.39 is 0 Å². The lowest BCUT2D eigenvalue weighted by Gasteiger charge is -2.22. The number of carbonyl (C=O) groups excluding carboxylic acids is 3. The number of pyridine rings is 1. The van der Waals surface area contributed by atoms with Gasteiger partial charge in [0.2, 0.25) is 5.91 Å². The number of hydroxylamine groups is 1. The van der Waals surface area contributed by atoms with Crippen molar-refractivity contribution in [2.45, 2.75) is 52.1 Å². The van der Waals surface area contributed by atoms with Gasteiger partial charge in [-0.25, -0.2) is 5.48 Å². The summed E-state index contributed by atoms with van der Waals surface area (Å²) in [5, 5.41) is 12.0. The van der Waals surface area contributed by atoms with Gasteiger partial charge >= 0.3 is 0 Å². The number of aromatic nitrogens is 1. The number of hydrogen-bond donors (Lipinski definition) is 5. The third-order valence-electron chi connectivity index (χ3n) is 7.79. The van der Waals surface area contributed by atoms with Gasteiger partial charge in [-0.1, -0.05) is 42.0 Å². The first kappa shape index (κ1) is 37.1. The van der Waals surface area contributed by atoms with Gasteiger partial charge in [0.15, 0.2) is 0 Å². The van der Waals surface area contributed by atoms with Crippen molar-refractivity contribution in [1.82, 2.24) is 31.7 Å². The van der Waals surface area contributed by atoms with Gasteiger partial charge in [-0.2, -0.15) is 0 Å². The molecule has 1 saturated carbocycles. The average Bonchev–Trinajstić information content (AvgIpc) is 3.92. The van der Waals surface area contributed by atoms with Crippen LogP contribution in [0.3, 0.4) is 0 Å². The van der Waals surface area contributed by atoms with Crippen LogP contribution in [0.1, 0.15) is 71.0 Å². The third-order valence-corrected chi connectivity index (χ3v) is 7.79. The molecule has 0 radical (unpaired) electrons. The van der Waals surface area contributed by atoms with E-state index in [4.69, 9.17) is 4.84 Å². The van der Waals surface area contributed by atoms with Crippen LogP contribution in [0, 0.1) is 12.8 Å². The van der Waals surface area contributed by atoms with Gasteiger partial charge in [-0.15, -0.1) is 0 Å². The van der Waals surface area contributed by atoms with E-state index in [1.54, 1.807) is 37.7 Å². The number of benzene rings is 2. The van der Waals surface area contributed by atoms with Crippen LogP contribution < -0.4 is 31.6 Å². The summed E-state index contributed by atoms with van der Waals surface area (Å²) in [6.07, 6.45) is 6.57. The van der Waals surface area contributed by atoms with Gasteiger partial charge in [-0.05, 0) is 75.8 Å². The van der Waals surface area contributed by atoms with Gasteiger partial charge in [0.25, 0.3) is 11.8 Å². The van der Waals surface area contributed by atoms with Gasteiger partial charge < -0.3 is 31.0 Å². The second kappa shape index (κ2) is 20.0. The quantitative estimate of drug-likeness (QED) is 0.111. The zero-order valence-electron chi connectivity index (χ0n) is 28.3. The lowest BCUT2D eigenvalue weighted by Crippen LogP contribution is -2.45. The van der Waals surface area contributed by atoms with Gasteiger partial charge in [0.05, 0.1) is 19.2 Å². The van der Waals surface area contributed by atoms with Gasteiger partial charge in [0.1, 0.15) is 0 Å². The molecule has 3 amide bonds. The average molecular weight is 646 g/mol. The van der Waals surface area contributed by atoms with Crippen molar-refractivity contribution in [1.29, 1.82) is 0 Å². The molecular formula is C36H51N7O4. The van der Waals surface area contributed by atoms with Crippen LogP contribution in [0.5, 0.6) is 0 Å². The first-order chi connectivity index (χ1) is 22.7. The molecular weight excluding hydrogens is 594 g/mol. The van der Waals surface area contributed by atoms with Crippen molar-refractivity contribution in [2.24, 2.45) is 5.92 Å². The smallest absolute Gasteiger partial charge is 0.251 e. The number of nitrogens with one attached hydrogen (secondary N) is 5. The zero-order valence-corrected chi connectivity index (χ0v) is 28.3. The summed E-state index contributed by atoms with van der Waals surface area (Å²) in [7, 11) is 3.49. The van der Waals surface area contributed by atoms with Gasteiger partial charge in [0, 0.05) is 69.0 Å². The van der Waals surface area contributed by atoms with E-state index in [9.17, 15) is 14.4 Å². The summed E-state index contributed by atoms with van der Waals surface area (Å²) in [5.41, 5.74) is 6.55. The molecule has 0 spiro atoms. The number of amides is 3. The van der Waals surface area contributed by atoms with Gasteiger partial charge in [-0.3, -0.25) is 19.4 Å². The highest BCUT2D eigenvalue weighted by Gasteiger charge is 2.23. The second-order valence-corrected chi connectivity index (χ2v) is 11.9. The first-order valence-corrected chi connectivity index (χ1v) is 16.3. The van der Waals surface area contributed by atoms with Crippen LogP contribution in [0.2, 0.25) is 0 Å². The molecule has 2 atom stereocenters. The standard InChI is InChI=1S/C29H43N7O4.C7H8/c1-20(23-7-5-10-30-19-23)35-29(39)25-15-24(16-26(17-25)36(3)14-6-11-34-40-4)28(38)32-13-12-31-21(2)27(37)33-18-22-8-9-22;1-7-5-3-2-4-6-7/h5,7,10,15-17,19-22,31,34H,6,8-9,11-14,18H2,1-4H3,(H,32,38)(H,33,37)(H,35,39);2-6H,1H3. The Morgan fingerprint density at radius 1 is 0.936 bits per heavy atom. The number of aryl methyl sites for hydroxylation is 1. The molecule has 11 heteroatoms. The molecule has 11 nitrogen and oxygen atoms in total. The molecule has 5 N–H and O–H groups in total. The van der Waals surface area contributed by atoms with E-state index >= 15 is 0 Å². The molecule has 4 rings (SSSR count). The molecule has 3 aromatic rings. The Bertz CT molecular complexity index is 1390. The maximum atomic E-state index is 13.2. The van der Waals surface area contributed by atoms with Crippen LogP contribution in [-0.2, 0) is 9.63 Å². The van der Waals surface area contributed by atoms with E-state index in [1.807, 2.05) is 56.1 Å².